The van der Waals surface area contributed by atoms with Crippen LogP contribution in [0.15, 0.2) is 12.3 Å². The highest BCUT2D eigenvalue weighted by Crippen LogP contribution is 2.25. The molecule has 1 aliphatic heterocycles. The quantitative estimate of drug-likeness (QED) is 0.873. The van der Waals surface area contributed by atoms with Crippen LogP contribution in [0.4, 0.5) is 5.82 Å². The van der Waals surface area contributed by atoms with Crippen LogP contribution in [0.3, 0.4) is 0 Å². The second-order valence-corrected chi connectivity index (χ2v) is 5.68. The van der Waals surface area contributed by atoms with E-state index in [2.05, 4.69) is 40.0 Å². The lowest BCUT2D eigenvalue weighted by Gasteiger charge is -2.26. The van der Waals surface area contributed by atoms with E-state index in [0.717, 1.165) is 49.1 Å². The molecule has 20 heavy (non-hydrogen) atoms. The molecule has 1 N–H and O–H groups in total. The van der Waals surface area contributed by atoms with Crippen molar-refractivity contribution < 1.29 is 0 Å². The number of nitrogens with zero attached hydrogens (tertiary/aromatic N) is 3. The third-order valence-electron chi connectivity index (χ3n) is 4.10. The molecule has 2 rings (SSSR count). The van der Waals surface area contributed by atoms with Gasteiger partial charge in [-0.05, 0) is 38.2 Å². The Hall–Kier alpha value is -0.840. The number of pyridine rings is 1. The first-order chi connectivity index (χ1) is 9.69. The highest BCUT2D eigenvalue weighted by Gasteiger charge is 2.27. The van der Waals surface area contributed by atoms with Crippen molar-refractivity contribution in [3.05, 3.63) is 22.8 Å². The van der Waals surface area contributed by atoms with Gasteiger partial charge >= 0.3 is 0 Å². The minimum absolute atomic E-state index is 0.648. The van der Waals surface area contributed by atoms with E-state index in [4.69, 9.17) is 11.6 Å². The lowest BCUT2D eigenvalue weighted by atomic mass is 10.2. The van der Waals surface area contributed by atoms with Crippen molar-refractivity contribution in [2.75, 3.05) is 38.1 Å². The van der Waals surface area contributed by atoms with E-state index < -0.39 is 0 Å². The van der Waals surface area contributed by atoms with E-state index in [0.29, 0.717) is 6.04 Å². The van der Waals surface area contributed by atoms with Gasteiger partial charge < -0.3 is 10.2 Å². The molecule has 0 radical (unpaired) electrons. The summed E-state index contributed by atoms with van der Waals surface area (Å²) >= 11 is 6.18. The standard InChI is InChI=1S/C15H25ClN4/c1-4-19(5-2)13-6-7-20(11-13)15-8-12(9-17-3)14(16)10-18-15/h8,10,13,17H,4-7,9,11H2,1-3H3. The molecule has 0 aliphatic carbocycles. The maximum absolute atomic E-state index is 6.18. The Labute approximate surface area is 127 Å². The summed E-state index contributed by atoms with van der Waals surface area (Å²) in [7, 11) is 1.93. The molecule has 112 valence electrons. The summed E-state index contributed by atoms with van der Waals surface area (Å²) in [6.07, 6.45) is 2.99. The summed E-state index contributed by atoms with van der Waals surface area (Å²) in [4.78, 5) is 9.40. The van der Waals surface area contributed by atoms with Crippen LogP contribution in [-0.2, 0) is 6.54 Å². The second-order valence-electron chi connectivity index (χ2n) is 5.27. The Balaban J connectivity index is 2.08. The smallest absolute Gasteiger partial charge is 0.128 e. The number of hydrogen-bond donors (Lipinski definition) is 1. The third-order valence-corrected chi connectivity index (χ3v) is 4.44. The largest absolute Gasteiger partial charge is 0.355 e. The van der Waals surface area contributed by atoms with Crippen molar-refractivity contribution in [3.8, 4) is 0 Å². The van der Waals surface area contributed by atoms with Gasteiger partial charge in [0, 0.05) is 31.9 Å². The lowest BCUT2D eigenvalue weighted by Crippen LogP contribution is -2.37. The summed E-state index contributed by atoms with van der Waals surface area (Å²) in [6, 6.07) is 2.76. The third kappa shape index (κ3) is 3.43. The highest BCUT2D eigenvalue weighted by molar-refractivity contribution is 6.31. The SMILES string of the molecule is CCN(CC)C1CCN(c2cc(CNC)c(Cl)cn2)C1. The van der Waals surface area contributed by atoms with Crippen LogP contribution in [0.1, 0.15) is 25.8 Å². The van der Waals surface area contributed by atoms with Gasteiger partial charge in [-0.3, -0.25) is 4.90 Å². The number of anilines is 1. The summed E-state index contributed by atoms with van der Waals surface area (Å²) < 4.78 is 0. The second kappa shape index (κ2) is 7.25. The molecule has 4 nitrogen and oxygen atoms in total. The van der Waals surface area contributed by atoms with Crippen molar-refractivity contribution in [3.63, 3.8) is 0 Å². The number of rotatable bonds is 6. The monoisotopic (exact) mass is 296 g/mol. The molecule has 2 heterocycles. The van der Waals surface area contributed by atoms with E-state index in [9.17, 15) is 0 Å². The van der Waals surface area contributed by atoms with Crippen LogP contribution in [0.5, 0.6) is 0 Å². The maximum atomic E-state index is 6.18. The number of halogens is 1. The van der Waals surface area contributed by atoms with Gasteiger partial charge in [-0.1, -0.05) is 25.4 Å². The summed E-state index contributed by atoms with van der Waals surface area (Å²) in [5, 5.41) is 3.89. The molecule has 1 saturated heterocycles. The van der Waals surface area contributed by atoms with Crippen LogP contribution in [0.2, 0.25) is 5.02 Å². The predicted molar refractivity (Wildman–Crippen MR) is 85.5 cm³/mol. The number of likely N-dealkylation sites (N-methyl/N-ethyl adjacent to an activating group) is 1. The molecule has 0 spiro atoms. The van der Waals surface area contributed by atoms with Crippen LogP contribution >= 0.6 is 11.6 Å². The van der Waals surface area contributed by atoms with Gasteiger partial charge in [0.05, 0.1) is 5.02 Å². The summed E-state index contributed by atoms with van der Waals surface area (Å²) in [6.45, 7) is 9.63. The molecular formula is C15H25ClN4. The zero-order valence-corrected chi connectivity index (χ0v) is 13.5. The molecule has 0 saturated carbocycles. The molecule has 1 unspecified atom stereocenters. The highest BCUT2D eigenvalue weighted by atomic mass is 35.5. The Bertz CT molecular complexity index is 434. The molecule has 1 atom stereocenters. The molecule has 1 fully saturated rings. The zero-order valence-electron chi connectivity index (χ0n) is 12.7. The Morgan fingerprint density at radius 3 is 2.85 bits per heavy atom. The zero-order chi connectivity index (χ0) is 14.5. The average molecular weight is 297 g/mol. The molecule has 1 aromatic heterocycles. The minimum atomic E-state index is 0.648. The van der Waals surface area contributed by atoms with Gasteiger partial charge in [0.15, 0.2) is 0 Å². The molecule has 0 amide bonds. The van der Waals surface area contributed by atoms with Crippen molar-refractivity contribution >= 4 is 17.4 Å². The fourth-order valence-electron chi connectivity index (χ4n) is 2.95. The molecule has 1 aromatic rings. The Morgan fingerprint density at radius 1 is 1.45 bits per heavy atom. The van der Waals surface area contributed by atoms with Gasteiger partial charge in [0.2, 0.25) is 0 Å². The van der Waals surface area contributed by atoms with E-state index in [-0.39, 0.29) is 0 Å². The molecule has 1 aliphatic rings. The molecule has 0 aromatic carbocycles. The normalized spacial score (nSPS) is 19.1. The first kappa shape index (κ1) is 15.5. The van der Waals surface area contributed by atoms with Gasteiger partial charge in [0.25, 0.3) is 0 Å². The van der Waals surface area contributed by atoms with E-state index in [1.54, 1.807) is 6.20 Å². The number of hydrogen-bond acceptors (Lipinski definition) is 4. The van der Waals surface area contributed by atoms with Crippen molar-refractivity contribution in [1.82, 2.24) is 15.2 Å². The fourth-order valence-corrected chi connectivity index (χ4v) is 3.12. The van der Waals surface area contributed by atoms with E-state index in [1.165, 1.54) is 6.42 Å². The number of nitrogens with one attached hydrogen (secondary N) is 1. The van der Waals surface area contributed by atoms with E-state index in [1.807, 2.05) is 7.05 Å². The topological polar surface area (TPSA) is 31.4 Å². The summed E-state index contributed by atoms with van der Waals surface area (Å²) in [5.74, 6) is 1.05. The maximum Gasteiger partial charge on any atom is 0.128 e. The molecule has 0 bridgehead atoms. The first-order valence-corrected chi connectivity index (χ1v) is 7.85. The predicted octanol–water partition coefficient (Wildman–Crippen LogP) is 2.37. The van der Waals surface area contributed by atoms with Crippen LogP contribution < -0.4 is 10.2 Å². The van der Waals surface area contributed by atoms with Gasteiger partial charge in [-0.25, -0.2) is 4.98 Å². The van der Waals surface area contributed by atoms with Crippen LogP contribution in [0, 0.1) is 0 Å². The van der Waals surface area contributed by atoms with Gasteiger partial charge in [-0.15, -0.1) is 0 Å². The molecular weight excluding hydrogens is 272 g/mol. The van der Waals surface area contributed by atoms with Crippen LogP contribution in [0.25, 0.3) is 0 Å². The van der Waals surface area contributed by atoms with Crippen molar-refractivity contribution in [2.24, 2.45) is 0 Å². The van der Waals surface area contributed by atoms with Crippen LogP contribution in [-0.4, -0.2) is 49.2 Å². The lowest BCUT2D eigenvalue weighted by molar-refractivity contribution is 0.232. The van der Waals surface area contributed by atoms with Gasteiger partial charge in [0.1, 0.15) is 5.82 Å². The Kier molecular flexibility index (Phi) is 5.64. The molecule has 5 heteroatoms. The summed E-state index contributed by atoms with van der Waals surface area (Å²) in [5.41, 5.74) is 1.12. The average Bonchev–Trinajstić information content (AvgIpc) is 2.93. The van der Waals surface area contributed by atoms with Gasteiger partial charge in [-0.2, -0.15) is 0 Å². The van der Waals surface area contributed by atoms with Crippen molar-refractivity contribution in [1.29, 1.82) is 0 Å². The fraction of sp³-hybridized carbons (Fsp3) is 0.667. The minimum Gasteiger partial charge on any atom is -0.355 e. The first-order valence-electron chi connectivity index (χ1n) is 7.47. The van der Waals surface area contributed by atoms with Crippen molar-refractivity contribution in [2.45, 2.75) is 32.9 Å². The Morgan fingerprint density at radius 2 is 2.20 bits per heavy atom. The van der Waals surface area contributed by atoms with E-state index >= 15 is 0 Å². The number of aromatic nitrogens is 1.